The van der Waals surface area contributed by atoms with Gasteiger partial charge >= 0.3 is 0 Å². The van der Waals surface area contributed by atoms with E-state index < -0.39 is 0 Å². The third-order valence-electron chi connectivity index (χ3n) is 3.77. The van der Waals surface area contributed by atoms with Crippen LogP contribution in [0.25, 0.3) is 10.9 Å². The molecule has 0 aliphatic rings. The summed E-state index contributed by atoms with van der Waals surface area (Å²) in [4.78, 5) is 4.40. The van der Waals surface area contributed by atoms with Crippen LogP contribution in [0.1, 0.15) is 28.3 Å². The predicted molar refractivity (Wildman–Crippen MR) is 83.7 cm³/mol. The third kappa shape index (κ3) is 2.19. The zero-order valence-corrected chi connectivity index (χ0v) is 11.8. The fourth-order valence-electron chi connectivity index (χ4n) is 2.74. The summed E-state index contributed by atoms with van der Waals surface area (Å²) >= 11 is 0. The summed E-state index contributed by atoms with van der Waals surface area (Å²) in [7, 11) is 0. The number of nitrogens with zero attached hydrogens (tertiary/aromatic N) is 1. The zero-order valence-electron chi connectivity index (χ0n) is 11.8. The highest BCUT2D eigenvalue weighted by atomic mass is 14.7. The quantitative estimate of drug-likeness (QED) is 0.760. The van der Waals surface area contributed by atoms with Crippen molar-refractivity contribution in [3.05, 3.63) is 77.0 Å². The van der Waals surface area contributed by atoms with E-state index in [-0.39, 0.29) is 6.04 Å². The first-order valence-corrected chi connectivity index (χ1v) is 6.83. The van der Waals surface area contributed by atoms with Gasteiger partial charge in [0.25, 0.3) is 0 Å². The number of hydrogen-bond donors (Lipinski definition) is 1. The molecular formula is C18H18N2. The summed E-state index contributed by atoms with van der Waals surface area (Å²) < 4.78 is 0. The molecule has 2 N–H and O–H groups in total. The lowest BCUT2D eigenvalue weighted by Crippen LogP contribution is -2.13. The number of pyridine rings is 1. The summed E-state index contributed by atoms with van der Waals surface area (Å²) in [6.07, 6.45) is 1.81. The number of benzene rings is 2. The highest BCUT2D eigenvalue weighted by molar-refractivity contribution is 5.83. The SMILES string of the molecule is Cc1ccc(C(N)c2cccc3ncccc23)c(C)c1. The van der Waals surface area contributed by atoms with E-state index >= 15 is 0 Å². The van der Waals surface area contributed by atoms with E-state index in [1.54, 1.807) is 0 Å². The van der Waals surface area contributed by atoms with Gasteiger partial charge in [0.1, 0.15) is 0 Å². The lowest BCUT2D eigenvalue weighted by atomic mass is 9.92. The van der Waals surface area contributed by atoms with Crippen LogP contribution in [0.3, 0.4) is 0 Å². The van der Waals surface area contributed by atoms with Crippen molar-refractivity contribution in [1.29, 1.82) is 0 Å². The van der Waals surface area contributed by atoms with Crippen molar-refractivity contribution in [1.82, 2.24) is 4.98 Å². The van der Waals surface area contributed by atoms with Gasteiger partial charge < -0.3 is 5.73 Å². The third-order valence-corrected chi connectivity index (χ3v) is 3.77. The minimum Gasteiger partial charge on any atom is -0.320 e. The van der Waals surface area contributed by atoms with Gasteiger partial charge in [-0.15, -0.1) is 0 Å². The lowest BCUT2D eigenvalue weighted by Gasteiger charge is -2.17. The normalized spacial score (nSPS) is 12.6. The number of rotatable bonds is 2. The first kappa shape index (κ1) is 12.8. The maximum absolute atomic E-state index is 6.51. The molecule has 1 aromatic heterocycles. The van der Waals surface area contributed by atoms with Crippen molar-refractivity contribution in [3.63, 3.8) is 0 Å². The Labute approximate surface area is 119 Å². The van der Waals surface area contributed by atoms with Gasteiger partial charge in [-0.1, -0.05) is 42.0 Å². The minimum atomic E-state index is -0.122. The molecule has 3 aromatic rings. The van der Waals surface area contributed by atoms with Crippen LogP contribution in [0, 0.1) is 13.8 Å². The van der Waals surface area contributed by atoms with Crippen molar-refractivity contribution < 1.29 is 0 Å². The second-order valence-corrected chi connectivity index (χ2v) is 5.26. The summed E-state index contributed by atoms with van der Waals surface area (Å²) in [6, 6.07) is 16.5. The molecule has 1 atom stereocenters. The van der Waals surface area contributed by atoms with Crippen molar-refractivity contribution in [2.24, 2.45) is 5.73 Å². The molecule has 0 radical (unpaired) electrons. The van der Waals surface area contributed by atoms with Gasteiger partial charge in [-0.05, 0) is 42.7 Å². The Bertz CT molecular complexity index is 757. The Morgan fingerprint density at radius 3 is 2.60 bits per heavy atom. The van der Waals surface area contributed by atoms with Crippen LogP contribution in [0.2, 0.25) is 0 Å². The summed E-state index contributed by atoms with van der Waals surface area (Å²) in [5, 5.41) is 1.13. The van der Waals surface area contributed by atoms with Crippen LogP contribution >= 0.6 is 0 Å². The van der Waals surface area contributed by atoms with Crippen LogP contribution < -0.4 is 5.73 Å². The lowest BCUT2D eigenvalue weighted by molar-refractivity contribution is 0.869. The molecule has 20 heavy (non-hydrogen) atoms. The van der Waals surface area contributed by atoms with E-state index in [9.17, 15) is 0 Å². The fourth-order valence-corrected chi connectivity index (χ4v) is 2.74. The smallest absolute Gasteiger partial charge is 0.0705 e. The van der Waals surface area contributed by atoms with Crippen LogP contribution in [0.15, 0.2) is 54.7 Å². The van der Waals surface area contributed by atoms with Crippen LogP contribution in [-0.2, 0) is 0 Å². The molecular weight excluding hydrogens is 244 g/mol. The number of hydrogen-bond acceptors (Lipinski definition) is 2. The molecule has 3 rings (SSSR count). The van der Waals surface area contributed by atoms with Crippen molar-refractivity contribution in [3.8, 4) is 0 Å². The number of aromatic nitrogens is 1. The summed E-state index contributed by atoms with van der Waals surface area (Å²) in [6.45, 7) is 4.22. The molecule has 1 heterocycles. The van der Waals surface area contributed by atoms with Gasteiger partial charge in [-0.25, -0.2) is 0 Å². The summed E-state index contributed by atoms with van der Waals surface area (Å²) in [5.41, 5.74) is 12.3. The Morgan fingerprint density at radius 1 is 0.950 bits per heavy atom. The topological polar surface area (TPSA) is 38.9 Å². The molecule has 1 unspecified atom stereocenters. The molecule has 100 valence electrons. The Hall–Kier alpha value is -2.19. The van der Waals surface area contributed by atoms with E-state index in [1.807, 2.05) is 24.4 Å². The molecule has 2 aromatic carbocycles. The second kappa shape index (κ2) is 5.06. The Morgan fingerprint density at radius 2 is 1.80 bits per heavy atom. The monoisotopic (exact) mass is 262 g/mol. The van der Waals surface area contributed by atoms with Gasteiger partial charge in [0.2, 0.25) is 0 Å². The van der Waals surface area contributed by atoms with Crippen LogP contribution in [0.5, 0.6) is 0 Å². The second-order valence-electron chi connectivity index (χ2n) is 5.26. The van der Waals surface area contributed by atoms with Gasteiger partial charge in [0.05, 0.1) is 11.6 Å². The average Bonchev–Trinajstić information content (AvgIpc) is 2.46. The largest absolute Gasteiger partial charge is 0.320 e. The molecule has 0 saturated heterocycles. The van der Waals surface area contributed by atoms with E-state index in [2.05, 4.69) is 49.2 Å². The Kier molecular flexibility index (Phi) is 3.25. The summed E-state index contributed by atoms with van der Waals surface area (Å²) in [5.74, 6) is 0. The standard InChI is InChI=1S/C18H18N2/c1-12-8-9-14(13(2)11-12)18(19)16-5-3-7-17-15(16)6-4-10-20-17/h3-11,18H,19H2,1-2H3. The van der Waals surface area contributed by atoms with Crippen LogP contribution in [-0.4, -0.2) is 4.98 Å². The highest BCUT2D eigenvalue weighted by Gasteiger charge is 2.14. The number of aryl methyl sites for hydroxylation is 2. The molecule has 2 heteroatoms. The maximum Gasteiger partial charge on any atom is 0.0705 e. The highest BCUT2D eigenvalue weighted by Crippen LogP contribution is 2.28. The average molecular weight is 262 g/mol. The predicted octanol–water partition coefficient (Wildman–Crippen LogP) is 3.90. The van der Waals surface area contributed by atoms with Crippen molar-refractivity contribution in [2.75, 3.05) is 0 Å². The number of nitrogens with two attached hydrogens (primary N) is 1. The van der Waals surface area contributed by atoms with Gasteiger partial charge in [0, 0.05) is 11.6 Å². The van der Waals surface area contributed by atoms with E-state index in [0.717, 1.165) is 16.5 Å². The molecule has 0 aliphatic heterocycles. The first-order valence-electron chi connectivity index (χ1n) is 6.83. The Balaban J connectivity index is 2.15. The molecule has 0 spiro atoms. The molecule has 0 aliphatic carbocycles. The number of fused-ring (bicyclic) bond motifs is 1. The van der Waals surface area contributed by atoms with Crippen LogP contribution in [0.4, 0.5) is 0 Å². The molecule has 0 fully saturated rings. The molecule has 0 amide bonds. The maximum atomic E-state index is 6.51. The minimum absolute atomic E-state index is 0.122. The van der Waals surface area contributed by atoms with E-state index in [4.69, 9.17) is 5.73 Å². The zero-order chi connectivity index (χ0) is 14.1. The van der Waals surface area contributed by atoms with E-state index in [0.29, 0.717) is 0 Å². The first-order chi connectivity index (χ1) is 9.66. The van der Waals surface area contributed by atoms with Gasteiger partial charge in [-0.2, -0.15) is 0 Å². The molecule has 2 nitrogen and oxygen atoms in total. The molecule has 0 bridgehead atoms. The van der Waals surface area contributed by atoms with Crippen molar-refractivity contribution in [2.45, 2.75) is 19.9 Å². The van der Waals surface area contributed by atoms with Crippen molar-refractivity contribution >= 4 is 10.9 Å². The van der Waals surface area contributed by atoms with Gasteiger partial charge in [-0.3, -0.25) is 4.98 Å². The van der Waals surface area contributed by atoms with Gasteiger partial charge in [0.15, 0.2) is 0 Å². The fraction of sp³-hybridized carbons (Fsp3) is 0.167. The molecule has 0 saturated carbocycles. The van der Waals surface area contributed by atoms with E-state index in [1.165, 1.54) is 16.7 Å².